The SMILES string of the molecule is Fc1ccc2c(c1)CCC2N(CC1CCCNC1)C1CC1. The number of hydrogen-bond acceptors (Lipinski definition) is 2. The zero-order valence-electron chi connectivity index (χ0n) is 12.7. The molecule has 114 valence electrons. The number of piperidine rings is 1. The number of nitrogens with one attached hydrogen (secondary N) is 1. The van der Waals surface area contributed by atoms with E-state index < -0.39 is 0 Å². The third kappa shape index (κ3) is 2.86. The van der Waals surface area contributed by atoms with E-state index in [0.29, 0.717) is 6.04 Å². The fourth-order valence-corrected chi connectivity index (χ4v) is 4.22. The summed E-state index contributed by atoms with van der Waals surface area (Å²) >= 11 is 0. The topological polar surface area (TPSA) is 15.3 Å². The molecule has 1 aliphatic heterocycles. The van der Waals surface area contributed by atoms with Crippen molar-refractivity contribution in [3.8, 4) is 0 Å². The Hall–Kier alpha value is -0.930. The summed E-state index contributed by atoms with van der Waals surface area (Å²) in [6.07, 6.45) is 7.61. The van der Waals surface area contributed by atoms with E-state index in [-0.39, 0.29) is 5.82 Å². The molecule has 4 rings (SSSR count). The van der Waals surface area contributed by atoms with Crippen LogP contribution in [-0.4, -0.2) is 30.6 Å². The highest BCUT2D eigenvalue weighted by Crippen LogP contribution is 2.42. The van der Waals surface area contributed by atoms with Gasteiger partial charge in [-0.05, 0) is 80.8 Å². The summed E-state index contributed by atoms with van der Waals surface area (Å²) in [7, 11) is 0. The normalized spacial score (nSPS) is 28.9. The van der Waals surface area contributed by atoms with E-state index in [1.165, 1.54) is 62.9 Å². The molecule has 1 aromatic rings. The van der Waals surface area contributed by atoms with E-state index in [4.69, 9.17) is 0 Å². The molecule has 1 saturated carbocycles. The second-order valence-corrected chi connectivity index (χ2v) is 7.04. The molecule has 0 aromatic heterocycles. The average molecular weight is 288 g/mol. The highest BCUT2D eigenvalue weighted by atomic mass is 19.1. The first-order chi connectivity index (χ1) is 10.3. The van der Waals surface area contributed by atoms with Gasteiger partial charge in [0.1, 0.15) is 5.82 Å². The smallest absolute Gasteiger partial charge is 0.123 e. The standard InChI is InChI=1S/C18H25FN2/c19-15-4-7-17-14(10-15)3-8-18(17)21(16-5-6-16)12-13-2-1-9-20-11-13/h4,7,10,13,16,18,20H,1-3,5-6,8-9,11-12H2. The number of nitrogens with zero attached hydrogens (tertiary/aromatic N) is 1. The molecule has 0 amide bonds. The fourth-order valence-electron chi connectivity index (χ4n) is 4.22. The average Bonchev–Trinajstić information content (AvgIpc) is 3.26. The monoisotopic (exact) mass is 288 g/mol. The van der Waals surface area contributed by atoms with Gasteiger partial charge in [-0.25, -0.2) is 4.39 Å². The summed E-state index contributed by atoms with van der Waals surface area (Å²) in [5.74, 6) is 0.715. The van der Waals surface area contributed by atoms with Crippen LogP contribution in [0.5, 0.6) is 0 Å². The van der Waals surface area contributed by atoms with Crippen LogP contribution in [0.3, 0.4) is 0 Å². The third-order valence-corrected chi connectivity index (χ3v) is 5.44. The van der Waals surface area contributed by atoms with Gasteiger partial charge in [0, 0.05) is 18.6 Å². The molecule has 1 heterocycles. The molecule has 1 saturated heterocycles. The minimum absolute atomic E-state index is 0.0798. The molecule has 0 bridgehead atoms. The van der Waals surface area contributed by atoms with Gasteiger partial charge in [0.2, 0.25) is 0 Å². The van der Waals surface area contributed by atoms with Crippen molar-refractivity contribution in [2.45, 2.75) is 50.6 Å². The molecule has 1 N–H and O–H groups in total. The Morgan fingerprint density at radius 1 is 1.19 bits per heavy atom. The van der Waals surface area contributed by atoms with Crippen molar-refractivity contribution in [3.05, 3.63) is 35.1 Å². The Labute approximate surface area is 126 Å². The van der Waals surface area contributed by atoms with Crippen molar-refractivity contribution in [3.63, 3.8) is 0 Å². The van der Waals surface area contributed by atoms with Crippen LogP contribution in [0.15, 0.2) is 18.2 Å². The minimum Gasteiger partial charge on any atom is -0.316 e. The van der Waals surface area contributed by atoms with Gasteiger partial charge in [-0.2, -0.15) is 0 Å². The van der Waals surface area contributed by atoms with Crippen molar-refractivity contribution in [2.75, 3.05) is 19.6 Å². The predicted molar refractivity (Wildman–Crippen MR) is 82.8 cm³/mol. The molecule has 1 aromatic carbocycles. The van der Waals surface area contributed by atoms with E-state index in [9.17, 15) is 4.39 Å². The van der Waals surface area contributed by atoms with Crippen LogP contribution in [0.25, 0.3) is 0 Å². The van der Waals surface area contributed by atoms with E-state index >= 15 is 0 Å². The molecule has 2 unspecified atom stereocenters. The number of aryl methyl sites for hydroxylation is 1. The summed E-state index contributed by atoms with van der Waals surface area (Å²) in [6, 6.07) is 6.76. The second-order valence-electron chi connectivity index (χ2n) is 7.04. The summed E-state index contributed by atoms with van der Waals surface area (Å²) in [5, 5.41) is 3.54. The van der Waals surface area contributed by atoms with Crippen molar-refractivity contribution >= 4 is 0 Å². The zero-order valence-corrected chi connectivity index (χ0v) is 12.7. The van der Waals surface area contributed by atoms with Crippen molar-refractivity contribution in [2.24, 2.45) is 5.92 Å². The largest absolute Gasteiger partial charge is 0.316 e. The van der Waals surface area contributed by atoms with E-state index in [1.807, 2.05) is 6.07 Å². The maximum absolute atomic E-state index is 13.4. The van der Waals surface area contributed by atoms with Crippen LogP contribution < -0.4 is 5.32 Å². The number of halogens is 1. The lowest BCUT2D eigenvalue weighted by Gasteiger charge is -2.34. The van der Waals surface area contributed by atoms with Gasteiger partial charge in [0.25, 0.3) is 0 Å². The molecule has 0 radical (unpaired) electrons. The Morgan fingerprint density at radius 3 is 2.86 bits per heavy atom. The Bertz CT molecular complexity index is 506. The molecule has 3 aliphatic rings. The van der Waals surface area contributed by atoms with E-state index in [0.717, 1.165) is 18.4 Å². The van der Waals surface area contributed by atoms with Gasteiger partial charge in [-0.15, -0.1) is 0 Å². The second kappa shape index (κ2) is 5.69. The molecular formula is C18H25FN2. The van der Waals surface area contributed by atoms with Crippen LogP contribution in [0, 0.1) is 11.7 Å². The highest BCUT2D eigenvalue weighted by molar-refractivity contribution is 5.35. The Balaban J connectivity index is 1.52. The minimum atomic E-state index is -0.0798. The Kier molecular flexibility index (Phi) is 3.72. The lowest BCUT2D eigenvalue weighted by molar-refractivity contribution is 0.144. The lowest BCUT2D eigenvalue weighted by Crippen LogP contribution is -2.40. The quantitative estimate of drug-likeness (QED) is 0.914. The fraction of sp³-hybridized carbons (Fsp3) is 0.667. The number of rotatable bonds is 4. The van der Waals surface area contributed by atoms with Gasteiger partial charge in [0.15, 0.2) is 0 Å². The van der Waals surface area contributed by atoms with E-state index in [2.05, 4.69) is 10.2 Å². The van der Waals surface area contributed by atoms with Crippen LogP contribution in [0.4, 0.5) is 4.39 Å². The maximum Gasteiger partial charge on any atom is 0.123 e. The molecule has 2 atom stereocenters. The first-order valence-corrected chi connectivity index (χ1v) is 8.56. The highest BCUT2D eigenvalue weighted by Gasteiger charge is 2.38. The first kappa shape index (κ1) is 13.7. The Morgan fingerprint density at radius 2 is 2.10 bits per heavy atom. The van der Waals surface area contributed by atoms with Crippen molar-refractivity contribution in [1.82, 2.24) is 10.2 Å². The van der Waals surface area contributed by atoms with Gasteiger partial charge in [-0.1, -0.05) is 6.07 Å². The molecule has 0 spiro atoms. The molecule has 2 nitrogen and oxygen atoms in total. The van der Waals surface area contributed by atoms with Gasteiger partial charge in [-0.3, -0.25) is 4.90 Å². The van der Waals surface area contributed by atoms with Gasteiger partial charge >= 0.3 is 0 Å². The molecule has 2 aliphatic carbocycles. The molecule has 2 fully saturated rings. The third-order valence-electron chi connectivity index (χ3n) is 5.44. The predicted octanol–water partition coefficient (Wildman–Crippen LogP) is 3.28. The number of hydrogen-bond donors (Lipinski definition) is 1. The van der Waals surface area contributed by atoms with E-state index in [1.54, 1.807) is 12.1 Å². The summed E-state index contributed by atoms with van der Waals surface area (Å²) in [4.78, 5) is 2.75. The number of fused-ring (bicyclic) bond motifs is 1. The molecular weight excluding hydrogens is 263 g/mol. The maximum atomic E-state index is 13.4. The lowest BCUT2D eigenvalue weighted by atomic mass is 9.97. The summed E-state index contributed by atoms with van der Waals surface area (Å²) in [6.45, 7) is 3.58. The van der Waals surface area contributed by atoms with Crippen LogP contribution in [-0.2, 0) is 6.42 Å². The van der Waals surface area contributed by atoms with Crippen LogP contribution in [0.1, 0.15) is 49.3 Å². The van der Waals surface area contributed by atoms with Crippen molar-refractivity contribution in [1.29, 1.82) is 0 Å². The first-order valence-electron chi connectivity index (χ1n) is 8.56. The van der Waals surface area contributed by atoms with Gasteiger partial charge < -0.3 is 5.32 Å². The molecule has 3 heteroatoms. The summed E-state index contributed by atoms with van der Waals surface area (Å²) in [5.41, 5.74) is 2.64. The van der Waals surface area contributed by atoms with Crippen LogP contribution in [0.2, 0.25) is 0 Å². The molecule has 21 heavy (non-hydrogen) atoms. The number of benzene rings is 1. The van der Waals surface area contributed by atoms with Crippen molar-refractivity contribution < 1.29 is 4.39 Å². The summed E-state index contributed by atoms with van der Waals surface area (Å²) < 4.78 is 13.4. The van der Waals surface area contributed by atoms with Crippen LogP contribution >= 0.6 is 0 Å². The van der Waals surface area contributed by atoms with Gasteiger partial charge in [0.05, 0.1) is 0 Å². The zero-order chi connectivity index (χ0) is 14.2.